The molecule has 0 aliphatic carbocycles. The molecule has 0 amide bonds. The van der Waals surface area contributed by atoms with Crippen molar-refractivity contribution in [2.45, 2.75) is 32.2 Å². The van der Waals surface area contributed by atoms with E-state index in [1.165, 1.54) is 0 Å². The van der Waals surface area contributed by atoms with Crippen LogP contribution in [0.3, 0.4) is 0 Å². The number of hydrogen-bond acceptors (Lipinski definition) is 2. The second kappa shape index (κ2) is 3.73. The molecule has 0 unspecified atom stereocenters. The van der Waals surface area contributed by atoms with Crippen molar-refractivity contribution in [1.29, 1.82) is 0 Å². The molecule has 5 heteroatoms. The standard InChI is InChI=1S/C9H11BrN2O2/c10-9-6(5-8(13)14)12-4-2-1-3-7(12)11-9/h1-5H2,(H,13,14). The summed E-state index contributed by atoms with van der Waals surface area (Å²) in [5, 5.41) is 8.75. The van der Waals surface area contributed by atoms with Crippen LogP contribution in [0.4, 0.5) is 0 Å². The summed E-state index contributed by atoms with van der Waals surface area (Å²) in [5.41, 5.74) is 0.798. The molecule has 0 radical (unpaired) electrons. The Balaban J connectivity index is 2.37. The number of aromatic nitrogens is 2. The highest BCUT2D eigenvalue weighted by atomic mass is 79.9. The Hall–Kier alpha value is -0.840. The highest BCUT2D eigenvalue weighted by Crippen LogP contribution is 2.23. The highest BCUT2D eigenvalue weighted by Gasteiger charge is 2.19. The number of carbonyl (C=O) groups is 1. The second-order valence-electron chi connectivity index (χ2n) is 3.44. The van der Waals surface area contributed by atoms with Crippen LogP contribution in [0.1, 0.15) is 24.4 Å². The van der Waals surface area contributed by atoms with Crippen LogP contribution in [0.25, 0.3) is 0 Å². The smallest absolute Gasteiger partial charge is 0.309 e. The van der Waals surface area contributed by atoms with Crippen LogP contribution < -0.4 is 0 Å². The van der Waals surface area contributed by atoms with Crippen molar-refractivity contribution in [3.05, 3.63) is 16.1 Å². The predicted molar refractivity (Wildman–Crippen MR) is 54.2 cm³/mol. The third-order valence-corrected chi connectivity index (χ3v) is 3.09. The summed E-state index contributed by atoms with van der Waals surface area (Å²) in [6.45, 7) is 0.899. The van der Waals surface area contributed by atoms with Gasteiger partial charge in [-0.2, -0.15) is 0 Å². The number of imidazole rings is 1. The van der Waals surface area contributed by atoms with Gasteiger partial charge in [-0.05, 0) is 28.8 Å². The first-order valence-electron chi connectivity index (χ1n) is 4.64. The van der Waals surface area contributed by atoms with E-state index in [4.69, 9.17) is 5.11 Å². The number of rotatable bonds is 2. The molecule has 1 aliphatic heterocycles. The summed E-state index contributed by atoms with van der Waals surface area (Å²) in [6.07, 6.45) is 3.27. The lowest BCUT2D eigenvalue weighted by atomic mass is 10.1. The lowest BCUT2D eigenvalue weighted by molar-refractivity contribution is -0.136. The van der Waals surface area contributed by atoms with E-state index in [1.807, 2.05) is 4.57 Å². The molecule has 1 aromatic heterocycles. The summed E-state index contributed by atoms with van der Waals surface area (Å²) < 4.78 is 2.72. The van der Waals surface area contributed by atoms with E-state index in [1.54, 1.807) is 0 Å². The van der Waals surface area contributed by atoms with Gasteiger partial charge < -0.3 is 9.67 Å². The Labute approximate surface area is 90.1 Å². The Bertz CT molecular complexity index is 373. The van der Waals surface area contributed by atoms with Gasteiger partial charge in [0.1, 0.15) is 10.4 Å². The van der Waals surface area contributed by atoms with E-state index in [0.29, 0.717) is 4.60 Å². The quantitative estimate of drug-likeness (QED) is 0.877. The summed E-state index contributed by atoms with van der Waals surface area (Å²) >= 11 is 3.31. The van der Waals surface area contributed by atoms with E-state index in [2.05, 4.69) is 20.9 Å². The third kappa shape index (κ3) is 1.68. The molecule has 76 valence electrons. The van der Waals surface area contributed by atoms with Gasteiger partial charge >= 0.3 is 5.97 Å². The van der Waals surface area contributed by atoms with Crippen molar-refractivity contribution in [1.82, 2.24) is 9.55 Å². The fraction of sp³-hybridized carbons (Fsp3) is 0.556. The first-order valence-corrected chi connectivity index (χ1v) is 5.43. The summed E-state index contributed by atoms with van der Waals surface area (Å²) in [5.74, 6) is 0.207. The zero-order valence-corrected chi connectivity index (χ0v) is 9.25. The number of carboxylic acid groups (broad SMARTS) is 1. The van der Waals surface area contributed by atoms with Crippen LogP contribution in [-0.4, -0.2) is 20.6 Å². The monoisotopic (exact) mass is 258 g/mol. The average Bonchev–Trinajstić information content (AvgIpc) is 2.43. The number of hydrogen-bond donors (Lipinski definition) is 1. The van der Waals surface area contributed by atoms with E-state index in [9.17, 15) is 4.79 Å². The highest BCUT2D eigenvalue weighted by molar-refractivity contribution is 9.10. The fourth-order valence-electron chi connectivity index (χ4n) is 1.82. The Morgan fingerprint density at radius 2 is 2.36 bits per heavy atom. The van der Waals surface area contributed by atoms with Crippen LogP contribution >= 0.6 is 15.9 Å². The van der Waals surface area contributed by atoms with Gasteiger partial charge in [0.05, 0.1) is 12.1 Å². The van der Waals surface area contributed by atoms with Crippen LogP contribution in [0.2, 0.25) is 0 Å². The van der Waals surface area contributed by atoms with Crippen LogP contribution in [-0.2, 0) is 24.2 Å². The molecule has 4 nitrogen and oxygen atoms in total. The van der Waals surface area contributed by atoms with Gasteiger partial charge in [0, 0.05) is 13.0 Å². The molecule has 1 N–H and O–H groups in total. The molecule has 0 atom stereocenters. The van der Waals surface area contributed by atoms with E-state index < -0.39 is 5.97 Å². The molecule has 2 heterocycles. The van der Waals surface area contributed by atoms with Gasteiger partial charge in [-0.3, -0.25) is 4.79 Å². The summed E-state index contributed by atoms with van der Waals surface area (Å²) in [7, 11) is 0. The summed E-state index contributed by atoms with van der Waals surface area (Å²) in [6, 6.07) is 0. The van der Waals surface area contributed by atoms with Crippen molar-refractivity contribution < 1.29 is 9.90 Å². The molecular formula is C9H11BrN2O2. The van der Waals surface area contributed by atoms with Gasteiger partial charge in [-0.1, -0.05) is 0 Å². The first-order chi connectivity index (χ1) is 6.68. The lowest BCUT2D eigenvalue weighted by Gasteiger charge is -2.15. The molecule has 0 fully saturated rings. The van der Waals surface area contributed by atoms with Crippen LogP contribution in [0.15, 0.2) is 4.60 Å². The minimum absolute atomic E-state index is 0.0492. The van der Waals surface area contributed by atoms with Gasteiger partial charge in [0.15, 0.2) is 0 Å². The Morgan fingerprint density at radius 1 is 1.57 bits per heavy atom. The molecule has 0 bridgehead atoms. The predicted octanol–water partition coefficient (Wildman–Crippen LogP) is 1.61. The fourth-order valence-corrected chi connectivity index (χ4v) is 2.38. The number of fused-ring (bicyclic) bond motifs is 1. The molecule has 14 heavy (non-hydrogen) atoms. The largest absolute Gasteiger partial charge is 0.481 e. The molecule has 0 saturated carbocycles. The van der Waals surface area contributed by atoms with E-state index in [-0.39, 0.29) is 6.42 Å². The zero-order chi connectivity index (χ0) is 10.1. The Kier molecular flexibility index (Phi) is 2.58. The van der Waals surface area contributed by atoms with Crippen LogP contribution in [0.5, 0.6) is 0 Å². The number of aryl methyl sites for hydroxylation is 1. The number of halogens is 1. The van der Waals surface area contributed by atoms with Crippen LogP contribution in [0, 0.1) is 0 Å². The number of carboxylic acids is 1. The van der Waals surface area contributed by atoms with Crippen molar-refractivity contribution in [2.24, 2.45) is 0 Å². The average molecular weight is 259 g/mol. The van der Waals surface area contributed by atoms with Gasteiger partial charge in [0.25, 0.3) is 0 Å². The summed E-state index contributed by atoms with van der Waals surface area (Å²) in [4.78, 5) is 15.0. The molecule has 0 saturated heterocycles. The minimum Gasteiger partial charge on any atom is -0.481 e. The number of aliphatic carboxylic acids is 1. The van der Waals surface area contributed by atoms with E-state index in [0.717, 1.165) is 37.3 Å². The normalized spacial score (nSPS) is 15.2. The van der Waals surface area contributed by atoms with E-state index >= 15 is 0 Å². The molecular weight excluding hydrogens is 248 g/mol. The van der Waals surface area contributed by atoms with Gasteiger partial charge in [-0.25, -0.2) is 4.98 Å². The minimum atomic E-state index is -0.807. The van der Waals surface area contributed by atoms with Gasteiger partial charge in [-0.15, -0.1) is 0 Å². The lowest BCUT2D eigenvalue weighted by Crippen LogP contribution is -2.15. The second-order valence-corrected chi connectivity index (χ2v) is 4.20. The van der Waals surface area contributed by atoms with Crippen molar-refractivity contribution >= 4 is 21.9 Å². The molecule has 0 spiro atoms. The maximum absolute atomic E-state index is 10.6. The molecule has 1 aliphatic rings. The topological polar surface area (TPSA) is 55.1 Å². The molecule has 2 rings (SSSR count). The SMILES string of the molecule is O=C(O)Cc1c(Br)nc2n1CCCC2. The Morgan fingerprint density at radius 3 is 3.07 bits per heavy atom. The third-order valence-electron chi connectivity index (χ3n) is 2.45. The van der Waals surface area contributed by atoms with Gasteiger partial charge in [0.2, 0.25) is 0 Å². The van der Waals surface area contributed by atoms with Crippen molar-refractivity contribution in [2.75, 3.05) is 0 Å². The maximum Gasteiger partial charge on any atom is 0.309 e. The van der Waals surface area contributed by atoms with Crippen molar-refractivity contribution in [3.63, 3.8) is 0 Å². The maximum atomic E-state index is 10.6. The molecule has 0 aromatic carbocycles. The molecule has 1 aromatic rings. The van der Waals surface area contributed by atoms with Crippen molar-refractivity contribution in [3.8, 4) is 0 Å². The zero-order valence-electron chi connectivity index (χ0n) is 7.66. The number of nitrogens with zero attached hydrogens (tertiary/aromatic N) is 2. The first kappa shape index (κ1) is 9.71.